The molecule has 1 aromatic heterocycles. The molecule has 1 atom stereocenters. The molecular weight excluding hydrogens is 443 g/mol. The number of hydrogen-bond acceptors (Lipinski definition) is 5. The van der Waals surface area contributed by atoms with Gasteiger partial charge in [-0.05, 0) is 36.3 Å². The highest BCUT2D eigenvalue weighted by Gasteiger charge is 2.32. The van der Waals surface area contributed by atoms with E-state index in [4.69, 9.17) is 27.9 Å². The topological polar surface area (TPSA) is 60.7 Å². The zero-order valence-electron chi connectivity index (χ0n) is 16.1. The van der Waals surface area contributed by atoms with Crippen LogP contribution in [0.15, 0.2) is 69.6 Å². The van der Waals surface area contributed by atoms with Crippen molar-refractivity contribution in [3.05, 3.63) is 101 Å². The summed E-state index contributed by atoms with van der Waals surface area (Å²) in [5.74, 6) is -0.510. The van der Waals surface area contributed by atoms with Crippen LogP contribution in [0.4, 0.5) is 0 Å². The molecule has 2 heterocycles. The highest BCUT2D eigenvalue weighted by molar-refractivity contribution is 7.07. The quantitative estimate of drug-likeness (QED) is 0.561. The normalized spacial score (nSPS) is 16.3. The standard InChI is InChI=1S/C22H16Cl2N2O3S/c1-12-18(21(28)29-2)19(14-6-4-3-5-7-14)26-20(27)17(30-22(26)25-12)11-13-8-9-15(23)16(24)10-13/h3-11,19H,1-2H3/b17-11-. The van der Waals surface area contributed by atoms with Crippen molar-refractivity contribution in [2.24, 2.45) is 4.99 Å². The number of hydrogen-bond donors (Lipinski definition) is 0. The molecular formula is C22H16Cl2N2O3S. The van der Waals surface area contributed by atoms with Crippen molar-refractivity contribution in [2.75, 3.05) is 7.11 Å². The molecule has 3 aromatic rings. The number of carbonyl (C=O) groups excluding carboxylic acids is 1. The SMILES string of the molecule is COC(=O)C1=C(C)N=c2s/c(=C\c3ccc(Cl)c(Cl)c3)c(=O)n2C1c1ccccc1. The first-order valence-electron chi connectivity index (χ1n) is 9.01. The second-order valence-corrected chi connectivity index (χ2v) is 8.48. The van der Waals surface area contributed by atoms with Crippen LogP contribution in [0.3, 0.4) is 0 Å². The third kappa shape index (κ3) is 3.62. The van der Waals surface area contributed by atoms with Crippen molar-refractivity contribution in [3.8, 4) is 0 Å². The van der Waals surface area contributed by atoms with Gasteiger partial charge in [-0.2, -0.15) is 0 Å². The van der Waals surface area contributed by atoms with Crippen LogP contribution in [0.5, 0.6) is 0 Å². The fraction of sp³-hybridized carbons (Fsp3) is 0.136. The van der Waals surface area contributed by atoms with Crippen molar-refractivity contribution < 1.29 is 9.53 Å². The first-order chi connectivity index (χ1) is 14.4. The van der Waals surface area contributed by atoms with Crippen LogP contribution in [-0.2, 0) is 9.53 Å². The number of esters is 1. The van der Waals surface area contributed by atoms with Gasteiger partial charge >= 0.3 is 5.97 Å². The Kier molecular flexibility index (Phi) is 5.64. The molecule has 0 N–H and O–H groups in total. The Balaban J connectivity index is 1.97. The van der Waals surface area contributed by atoms with Crippen LogP contribution < -0.4 is 14.9 Å². The maximum Gasteiger partial charge on any atom is 0.338 e. The Morgan fingerprint density at radius 3 is 2.57 bits per heavy atom. The lowest BCUT2D eigenvalue weighted by Crippen LogP contribution is -2.39. The molecule has 4 rings (SSSR count). The molecule has 1 aliphatic rings. The summed E-state index contributed by atoms with van der Waals surface area (Å²) in [6.07, 6.45) is 1.74. The fourth-order valence-electron chi connectivity index (χ4n) is 3.40. The number of carbonyl (C=O) groups is 1. The number of fused-ring (bicyclic) bond motifs is 1. The summed E-state index contributed by atoms with van der Waals surface area (Å²) >= 11 is 13.3. The predicted molar refractivity (Wildman–Crippen MR) is 119 cm³/mol. The zero-order valence-corrected chi connectivity index (χ0v) is 18.4. The molecule has 0 saturated heterocycles. The van der Waals surface area contributed by atoms with Crippen LogP contribution >= 0.6 is 34.5 Å². The molecule has 1 aliphatic heterocycles. The van der Waals surface area contributed by atoms with Crippen molar-refractivity contribution >= 4 is 46.6 Å². The molecule has 2 aromatic carbocycles. The van der Waals surface area contributed by atoms with Crippen LogP contribution in [0, 0.1) is 0 Å². The minimum absolute atomic E-state index is 0.243. The van der Waals surface area contributed by atoms with Gasteiger partial charge in [0.2, 0.25) is 0 Å². The summed E-state index contributed by atoms with van der Waals surface area (Å²) < 4.78 is 7.01. The van der Waals surface area contributed by atoms with E-state index in [0.29, 0.717) is 30.6 Å². The number of allylic oxidation sites excluding steroid dienone is 1. The van der Waals surface area contributed by atoms with Crippen LogP contribution in [0.25, 0.3) is 6.08 Å². The molecule has 0 fully saturated rings. The lowest BCUT2D eigenvalue weighted by atomic mass is 9.96. The van der Waals surface area contributed by atoms with E-state index in [2.05, 4.69) is 4.99 Å². The molecule has 0 bridgehead atoms. The van der Waals surface area contributed by atoms with Crippen LogP contribution in [0.1, 0.15) is 24.1 Å². The number of aromatic nitrogens is 1. The average molecular weight is 459 g/mol. The molecule has 0 spiro atoms. The zero-order chi connectivity index (χ0) is 21.4. The summed E-state index contributed by atoms with van der Waals surface area (Å²) in [5, 5.41) is 0.849. The highest BCUT2D eigenvalue weighted by atomic mass is 35.5. The van der Waals surface area contributed by atoms with E-state index in [0.717, 1.165) is 11.1 Å². The molecule has 0 amide bonds. The van der Waals surface area contributed by atoms with E-state index in [-0.39, 0.29) is 5.56 Å². The number of rotatable bonds is 3. The summed E-state index contributed by atoms with van der Waals surface area (Å²) in [7, 11) is 1.32. The minimum atomic E-state index is -0.620. The Hall–Kier alpha value is -2.67. The van der Waals surface area contributed by atoms with Gasteiger partial charge in [-0.25, -0.2) is 9.79 Å². The van der Waals surface area contributed by atoms with Gasteiger partial charge in [0.05, 0.1) is 39.0 Å². The van der Waals surface area contributed by atoms with E-state index in [1.54, 1.807) is 35.8 Å². The monoisotopic (exact) mass is 458 g/mol. The van der Waals surface area contributed by atoms with E-state index >= 15 is 0 Å². The lowest BCUT2D eigenvalue weighted by molar-refractivity contribution is -0.136. The van der Waals surface area contributed by atoms with E-state index in [1.807, 2.05) is 30.3 Å². The molecule has 30 heavy (non-hydrogen) atoms. The van der Waals surface area contributed by atoms with Gasteiger partial charge in [-0.1, -0.05) is 70.9 Å². The molecule has 0 radical (unpaired) electrons. The number of benzene rings is 2. The van der Waals surface area contributed by atoms with Crippen molar-refractivity contribution in [2.45, 2.75) is 13.0 Å². The highest BCUT2D eigenvalue weighted by Crippen LogP contribution is 2.30. The first-order valence-corrected chi connectivity index (χ1v) is 10.6. The number of halogens is 2. The average Bonchev–Trinajstić information content (AvgIpc) is 3.04. The Labute approximate surface area is 186 Å². The third-order valence-corrected chi connectivity index (χ3v) is 6.51. The fourth-order valence-corrected chi connectivity index (χ4v) is 4.75. The van der Waals surface area contributed by atoms with Gasteiger partial charge in [0, 0.05) is 0 Å². The Morgan fingerprint density at radius 2 is 1.90 bits per heavy atom. The van der Waals surface area contributed by atoms with Crippen LogP contribution in [-0.4, -0.2) is 17.6 Å². The Morgan fingerprint density at radius 1 is 1.17 bits per heavy atom. The van der Waals surface area contributed by atoms with Gasteiger partial charge in [-0.15, -0.1) is 0 Å². The summed E-state index contributed by atoms with van der Waals surface area (Å²) in [4.78, 5) is 31.0. The van der Waals surface area contributed by atoms with E-state index in [9.17, 15) is 9.59 Å². The number of thiazole rings is 1. The van der Waals surface area contributed by atoms with Crippen molar-refractivity contribution in [1.82, 2.24) is 4.57 Å². The second kappa shape index (κ2) is 8.22. The molecule has 0 saturated carbocycles. The van der Waals surface area contributed by atoms with Gasteiger partial charge in [0.25, 0.3) is 5.56 Å². The summed E-state index contributed by atoms with van der Waals surface area (Å²) in [6.45, 7) is 1.75. The second-order valence-electron chi connectivity index (χ2n) is 6.66. The summed E-state index contributed by atoms with van der Waals surface area (Å²) in [5.41, 5.74) is 2.17. The molecule has 0 aliphatic carbocycles. The lowest BCUT2D eigenvalue weighted by Gasteiger charge is -2.24. The van der Waals surface area contributed by atoms with Gasteiger partial charge in [0.1, 0.15) is 0 Å². The third-order valence-electron chi connectivity index (χ3n) is 4.78. The number of ether oxygens (including phenoxy) is 1. The maximum atomic E-state index is 13.4. The molecule has 5 nitrogen and oxygen atoms in total. The Bertz CT molecular complexity index is 1360. The minimum Gasteiger partial charge on any atom is -0.466 e. The van der Waals surface area contributed by atoms with E-state index in [1.165, 1.54) is 18.4 Å². The summed E-state index contributed by atoms with van der Waals surface area (Å²) in [6, 6.07) is 13.9. The molecule has 1 unspecified atom stereocenters. The van der Waals surface area contributed by atoms with E-state index < -0.39 is 12.0 Å². The molecule has 152 valence electrons. The number of nitrogens with zero attached hydrogens (tertiary/aromatic N) is 2. The van der Waals surface area contributed by atoms with Gasteiger partial charge < -0.3 is 4.74 Å². The smallest absolute Gasteiger partial charge is 0.338 e. The largest absolute Gasteiger partial charge is 0.466 e. The van der Waals surface area contributed by atoms with Crippen molar-refractivity contribution in [1.29, 1.82) is 0 Å². The van der Waals surface area contributed by atoms with Gasteiger partial charge in [-0.3, -0.25) is 9.36 Å². The van der Waals surface area contributed by atoms with Crippen molar-refractivity contribution in [3.63, 3.8) is 0 Å². The van der Waals surface area contributed by atoms with Gasteiger partial charge in [0.15, 0.2) is 4.80 Å². The predicted octanol–water partition coefficient (Wildman–Crippen LogP) is 3.72. The maximum absolute atomic E-state index is 13.4. The first kappa shape index (κ1) is 20.6. The number of methoxy groups -OCH3 is 1. The molecule has 8 heteroatoms. The van der Waals surface area contributed by atoms with Crippen LogP contribution in [0.2, 0.25) is 10.0 Å².